The molecule has 2 nitrogen and oxygen atoms in total. The molecule has 18 heavy (non-hydrogen) atoms. The first-order valence-corrected chi connectivity index (χ1v) is 7.29. The van der Waals surface area contributed by atoms with Crippen molar-refractivity contribution in [1.29, 1.82) is 0 Å². The smallest absolute Gasteiger partial charge is 0.0523 e. The van der Waals surface area contributed by atoms with Crippen LogP contribution in [0.2, 0.25) is 0 Å². The number of thiophene rings is 1. The minimum absolute atomic E-state index is 0.940. The number of nitrogens with two attached hydrogens (primary N) is 1. The predicted octanol–water partition coefficient (Wildman–Crippen LogP) is 3.46. The first kappa shape index (κ1) is 11.6. The highest BCUT2D eigenvalue weighted by Gasteiger charge is 2.20. The first-order chi connectivity index (χ1) is 8.78. The van der Waals surface area contributed by atoms with E-state index in [9.17, 15) is 0 Å². The molecule has 1 aliphatic rings. The third-order valence-corrected chi connectivity index (χ3v) is 4.79. The molecule has 1 aliphatic heterocycles. The lowest BCUT2D eigenvalue weighted by molar-refractivity contribution is 0.846. The monoisotopic (exact) mass is 258 g/mol. The van der Waals surface area contributed by atoms with Gasteiger partial charge in [0.1, 0.15) is 0 Å². The molecule has 0 saturated carbocycles. The summed E-state index contributed by atoms with van der Waals surface area (Å²) in [6, 6.07) is 10.7. The summed E-state index contributed by atoms with van der Waals surface area (Å²) in [6.45, 7) is 4.31. The van der Waals surface area contributed by atoms with Crippen molar-refractivity contribution in [2.24, 2.45) is 0 Å². The fourth-order valence-corrected chi connectivity index (χ4v) is 3.55. The van der Waals surface area contributed by atoms with Crippen molar-refractivity contribution in [3.63, 3.8) is 0 Å². The third kappa shape index (κ3) is 1.99. The molecule has 0 atom stereocenters. The second-order valence-corrected chi connectivity index (χ2v) is 5.99. The van der Waals surface area contributed by atoms with Crippen molar-refractivity contribution >= 4 is 22.7 Å². The van der Waals surface area contributed by atoms with Crippen LogP contribution < -0.4 is 10.6 Å². The Labute approximate surface area is 112 Å². The van der Waals surface area contributed by atoms with Crippen LogP contribution >= 0.6 is 11.3 Å². The highest BCUT2D eigenvalue weighted by Crippen LogP contribution is 2.33. The lowest BCUT2D eigenvalue weighted by Gasteiger charge is -2.18. The Morgan fingerprint density at radius 2 is 2.06 bits per heavy atom. The Morgan fingerprint density at radius 1 is 1.22 bits per heavy atom. The largest absolute Gasteiger partial charge is 0.398 e. The summed E-state index contributed by atoms with van der Waals surface area (Å²) in [5.74, 6) is 0. The standard InChI is InChI=1S/C15H18N2S/c1-2-11-6-7-12(18-11)10-17-9-8-13-14(16)4-3-5-15(13)17/h3-7H,2,8-10,16H2,1H3. The van der Waals surface area contributed by atoms with E-state index in [4.69, 9.17) is 5.73 Å². The number of benzene rings is 1. The van der Waals surface area contributed by atoms with Gasteiger partial charge in [0.2, 0.25) is 0 Å². The predicted molar refractivity (Wildman–Crippen MR) is 79.3 cm³/mol. The molecule has 0 spiro atoms. The zero-order chi connectivity index (χ0) is 12.5. The van der Waals surface area contributed by atoms with E-state index in [1.54, 1.807) is 0 Å². The molecular formula is C15H18N2S. The summed E-state index contributed by atoms with van der Waals surface area (Å²) in [6.07, 6.45) is 2.21. The second kappa shape index (κ2) is 4.65. The average molecular weight is 258 g/mol. The van der Waals surface area contributed by atoms with E-state index < -0.39 is 0 Å². The zero-order valence-electron chi connectivity index (χ0n) is 10.6. The lowest BCUT2D eigenvalue weighted by Crippen LogP contribution is -2.18. The third-order valence-electron chi connectivity index (χ3n) is 3.57. The van der Waals surface area contributed by atoms with Gasteiger partial charge in [0.25, 0.3) is 0 Å². The van der Waals surface area contributed by atoms with Crippen molar-refractivity contribution in [2.45, 2.75) is 26.3 Å². The van der Waals surface area contributed by atoms with Gasteiger partial charge in [-0.25, -0.2) is 0 Å². The summed E-state index contributed by atoms with van der Waals surface area (Å²) >= 11 is 1.93. The van der Waals surface area contributed by atoms with Crippen molar-refractivity contribution < 1.29 is 0 Å². The summed E-state index contributed by atoms with van der Waals surface area (Å²) < 4.78 is 0. The van der Waals surface area contributed by atoms with Crippen LogP contribution in [0, 0.1) is 0 Å². The number of nitrogen functional groups attached to an aromatic ring is 1. The van der Waals surface area contributed by atoms with Crippen LogP contribution in [-0.2, 0) is 19.4 Å². The fourth-order valence-electron chi connectivity index (χ4n) is 2.58. The Bertz CT molecular complexity index is 559. The molecule has 2 aromatic rings. The van der Waals surface area contributed by atoms with Gasteiger partial charge in [-0.05, 0) is 37.1 Å². The summed E-state index contributed by atoms with van der Waals surface area (Å²) in [5, 5.41) is 0. The molecule has 0 bridgehead atoms. The van der Waals surface area contributed by atoms with Crippen LogP contribution in [0.3, 0.4) is 0 Å². The molecule has 3 heteroatoms. The quantitative estimate of drug-likeness (QED) is 0.854. The Morgan fingerprint density at radius 3 is 2.83 bits per heavy atom. The van der Waals surface area contributed by atoms with Crippen LogP contribution in [0.15, 0.2) is 30.3 Å². The van der Waals surface area contributed by atoms with Gasteiger partial charge in [-0.3, -0.25) is 0 Å². The number of rotatable bonds is 3. The molecule has 0 saturated heterocycles. The van der Waals surface area contributed by atoms with Gasteiger partial charge < -0.3 is 10.6 Å². The Hall–Kier alpha value is -1.48. The molecule has 0 radical (unpaired) electrons. The maximum absolute atomic E-state index is 6.03. The number of hydrogen-bond acceptors (Lipinski definition) is 3. The average Bonchev–Trinajstić information content (AvgIpc) is 2.98. The molecule has 2 N–H and O–H groups in total. The number of nitrogens with zero attached hydrogens (tertiary/aromatic N) is 1. The lowest BCUT2D eigenvalue weighted by atomic mass is 10.1. The van der Waals surface area contributed by atoms with E-state index in [1.165, 1.54) is 21.0 Å². The van der Waals surface area contributed by atoms with Gasteiger partial charge in [0, 0.05) is 33.2 Å². The van der Waals surface area contributed by atoms with Gasteiger partial charge >= 0.3 is 0 Å². The van der Waals surface area contributed by atoms with Gasteiger partial charge in [0.05, 0.1) is 6.54 Å². The van der Waals surface area contributed by atoms with Crippen LogP contribution in [0.4, 0.5) is 11.4 Å². The van der Waals surface area contributed by atoms with E-state index in [1.807, 2.05) is 17.4 Å². The van der Waals surface area contributed by atoms with Crippen LogP contribution in [-0.4, -0.2) is 6.54 Å². The number of aryl methyl sites for hydroxylation is 1. The van der Waals surface area contributed by atoms with Crippen molar-refractivity contribution in [1.82, 2.24) is 0 Å². The zero-order valence-corrected chi connectivity index (χ0v) is 11.5. The Kier molecular flexibility index (Phi) is 3.00. The summed E-state index contributed by atoms with van der Waals surface area (Å²) in [5.41, 5.74) is 9.61. The van der Waals surface area contributed by atoms with Crippen LogP contribution in [0.1, 0.15) is 22.2 Å². The Balaban J connectivity index is 1.82. The van der Waals surface area contributed by atoms with Crippen molar-refractivity contribution in [3.8, 4) is 0 Å². The molecule has 3 rings (SSSR count). The van der Waals surface area contributed by atoms with Crippen LogP contribution in [0.5, 0.6) is 0 Å². The minimum Gasteiger partial charge on any atom is -0.398 e. The molecule has 1 aromatic heterocycles. The number of hydrogen-bond donors (Lipinski definition) is 1. The van der Waals surface area contributed by atoms with Gasteiger partial charge in [-0.2, -0.15) is 0 Å². The van der Waals surface area contributed by atoms with E-state index in [0.717, 1.165) is 31.6 Å². The molecule has 2 heterocycles. The van der Waals surface area contributed by atoms with Crippen LogP contribution in [0.25, 0.3) is 0 Å². The maximum atomic E-state index is 6.03. The summed E-state index contributed by atoms with van der Waals surface area (Å²) in [4.78, 5) is 5.36. The maximum Gasteiger partial charge on any atom is 0.0523 e. The molecule has 0 fully saturated rings. The molecule has 0 amide bonds. The molecule has 0 aliphatic carbocycles. The van der Waals surface area contributed by atoms with E-state index in [-0.39, 0.29) is 0 Å². The SMILES string of the molecule is CCc1ccc(CN2CCc3c(N)cccc32)s1. The number of anilines is 2. The van der Waals surface area contributed by atoms with Gasteiger partial charge in [-0.1, -0.05) is 13.0 Å². The summed E-state index contributed by atoms with van der Waals surface area (Å²) in [7, 11) is 0. The van der Waals surface area contributed by atoms with Gasteiger partial charge in [0.15, 0.2) is 0 Å². The highest BCUT2D eigenvalue weighted by molar-refractivity contribution is 7.12. The highest BCUT2D eigenvalue weighted by atomic mass is 32.1. The molecular weight excluding hydrogens is 240 g/mol. The fraction of sp³-hybridized carbons (Fsp3) is 0.333. The van der Waals surface area contributed by atoms with Crippen molar-refractivity contribution in [3.05, 3.63) is 45.6 Å². The topological polar surface area (TPSA) is 29.3 Å². The van der Waals surface area contributed by atoms with Crippen molar-refractivity contribution in [2.75, 3.05) is 17.2 Å². The molecule has 94 valence electrons. The number of fused-ring (bicyclic) bond motifs is 1. The second-order valence-electron chi connectivity index (χ2n) is 4.74. The molecule has 1 aromatic carbocycles. The van der Waals surface area contributed by atoms with E-state index in [2.05, 4.69) is 36.1 Å². The minimum atomic E-state index is 0.940. The normalized spacial score (nSPS) is 13.9. The molecule has 0 unspecified atom stereocenters. The van der Waals surface area contributed by atoms with Gasteiger partial charge in [-0.15, -0.1) is 11.3 Å². The van der Waals surface area contributed by atoms with E-state index >= 15 is 0 Å². The van der Waals surface area contributed by atoms with E-state index in [0.29, 0.717) is 0 Å². The first-order valence-electron chi connectivity index (χ1n) is 6.48.